The average Bonchev–Trinajstić information content (AvgIpc) is 2.62. The van der Waals surface area contributed by atoms with E-state index in [2.05, 4.69) is 12.3 Å². The molecule has 0 spiro atoms. The van der Waals surface area contributed by atoms with Crippen LogP contribution < -0.4 is 11.3 Å². The monoisotopic (exact) mass is 156 g/mol. The Bertz CT molecular complexity index is 151. The summed E-state index contributed by atoms with van der Waals surface area (Å²) < 4.78 is 5.71. The van der Waals surface area contributed by atoms with E-state index in [1.807, 2.05) is 0 Å². The van der Waals surface area contributed by atoms with Crippen LogP contribution >= 0.6 is 0 Å². The molecule has 2 rings (SSSR count). The van der Waals surface area contributed by atoms with Gasteiger partial charge in [0.25, 0.3) is 0 Å². The van der Waals surface area contributed by atoms with Crippen LogP contribution in [0.15, 0.2) is 0 Å². The highest BCUT2D eigenvalue weighted by Crippen LogP contribution is 2.40. The summed E-state index contributed by atoms with van der Waals surface area (Å²) in [6, 6.07) is 0.408. The zero-order valence-electron chi connectivity index (χ0n) is 6.92. The number of nitrogens with one attached hydrogen (secondary N) is 1. The minimum Gasteiger partial charge on any atom is -0.375 e. The lowest BCUT2D eigenvalue weighted by Gasteiger charge is -2.24. The number of hydrazine groups is 1. The topological polar surface area (TPSA) is 47.3 Å². The molecule has 3 heteroatoms. The standard InChI is InChI=1S/C8H16N2O/c1-5(10-9)7-4-6-2-3-8(7)11-6/h5-8,10H,2-4,9H2,1H3. The SMILES string of the molecule is CC(NN)C1CC2CCC1O2. The van der Waals surface area contributed by atoms with Gasteiger partial charge in [0.05, 0.1) is 12.2 Å². The lowest BCUT2D eigenvalue weighted by molar-refractivity contribution is 0.0871. The van der Waals surface area contributed by atoms with Crippen molar-refractivity contribution in [3.8, 4) is 0 Å². The lowest BCUT2D eigenvalue weighted by Crippen LogP contribution is -2.42. The molecule has 2 aliphatic rings. The molecule has 0 aliphatic carbocycles. The Balaban J connectivity index is 1.96. The van der Waals surface area contributed by atoms with Crippen molar-refractivity contribution in [1.29, 1.82) is 0 Å². The second-order valence-electron chi connectivity index (χ2n) is 3.73. The fraction of sp³-hybridized carbons (Fsp3) is 1.00. The summed E-state index contributed by atoms with van der Waals surface area (Å²) in [5.41, 5.74) is 2.81. The molecule has 2 bridgehead atoms. The summed E-state index contributed by atoms with van der Waals surface area (Å²) in [6.45, 7) is 2.13. The summed E-state index contributed by atoms with van der Waals surface area (Å²) in [7, 11) is 0. The van der Waals surface area contributed by atoms with Crippen LogP contribution in [-0.4, -0.2) is 18.2 Å². The second kappa shape index (κ2) is 2.73. The molecule has 4 unspecified atom stereocenters. The maximum Gasteiger partial charge on any atom is 0.0624 e. The van der Waals surface area contributed by atoms with Crippen LogP contribution in [0.1, 0.15) is 26.2 Å². The Morgan fingerprint density at radius 3 is 2.82 bits per heavy atom. The first-order chi connectivity index (χ1) is 5.31. The Hall–Kier alpha value is -0.120. The van der Waals surface area contributed by atoms with Crippen LogP contribution in [0.4, 0.5) is 0 Å². The number of fused-ring (bicyclic) bond motifs is 2. The molecule has 2 aliphatic heterocycles. The summed E-state index contributed by atoms with van der Waals surface area (Å²) in [4.78, 5) is 0. The van der Waals surface area contributed by atoms with Crippen LogP contribution in [0.25, 0.3) is 0 Å². The summed E-state index contributed by atoms with van der Waals surface area (Å²) >= 11 is 0. The van der Waals surface area contributed by atoms with Gasteiger partial charge < -0.3 is 4.74 Å². The molecule has 2 saturated heterocycles. The normalized spacial score (nSPS) is 44.7. The molecule has 3 N–H and O–H groups in total. The van der Waals surface area contributed by atoms with Gasteiger partial charge in [0.2, 0.25) is 0 Å². The first kappa shape index (κ1) is 7.53. The maximum absolute atomic E-state index is 5.71. The van der Waals surface area contributed by atoms with Crippen LogP contribution in [0.2, 0.25) is 0 Å². The van der Waals surface area contributed by atoms with Crippen LogP contribution in [-0.2, 0) is 4.74 Å². The first-order valence-electron chi connectivity index (χ1n) is 4.43. The number of hydrogen-bond donors (Lipinski definition) is 2. The Morgan fingerprint density at radius 1 is 1.55 bits per heavy atom. The third kappa shape index (κ3) is 1.17. The quantitative estimate of drug-likeness (QED) is 0.449. The summed E-state index contributed by atoms with van der Waals surface area (Å²) in [5, 5.41) is 0. The van der Waals surface area contributed by atoms with Gasteiger partial charge in [-0.15, -0.1) is 0 Å². The van der Waals surface area contributed by atoms with Gasteiger partial charge >= 0.3 is 0 Å². The number of nitrogens with two attached hydrogens (primary N) is 1. The van der Waals surface area contributed by atoms with Crippen molar-refractivity contribution in [3.63, 3.8) is 0 Å². The third-order valence-electron chi connectivity index (χ3n) is 3.06. The van der Waals surface area contributed by atoms with E-state index in [9.17, 15) is 0 Å². The Morgan fingerprint density at radius 2 is 2.36 bits per heavy atom. The number of ether oxygens (including phenoxy) is 1. The predicted molar refractivity (Wildman–Crippen MR) is 42.8 cm³/mol. The second-order valence-corrected chi connectivity index (χ2v) is 3.73. The average molecular weight is 156 g/mol. The van der Waals surface area contributed by atoms with Gasteiger partial charge in [-0.2, -0.15) is 0 Å². The molecule has 2 heterocycles. The van der Waals surface area contributed by atoms with Crippen molar-refractivity contribution in [2.45, 2.75) is 44.4 Å². The smallest absolute Gasteiger partial charge is 0.0624 e. The van der Waals surface area contributed by atoms with Gasteiger partial charge in [-0.3, -0.25) is 11.3 Å². The lowest BCUT2D eigenvalue weighted by atomic mass is 9.85. The van der Waals surface area contributed by atoms with Crippen molar-refractivity contribution >= 4 is 0 Å². The van der Waals surface area contributed by atoms with Gasteiger partial charge in [-0.25, -0.2) is 0 Å². The van der Waals surface area contributed by atoms with E-state index >= 15 is 0 Å². The van der Waals surface area contributed by atoms with Gasteiger partial charge in [0.1, 0.15) is 0 Å². The van der Waals surface area contributed by atoms with Crippen molar-refractivity contribution in [2.75, 3.05) is 0 Å². The highest BCUT2D eigenvalue weighted by molar-refractivity contribution is 4.93. The largest absolute Gasteiger partial charge is 0.375 e. The molecule has 3 nitrogen and oxygen atoms in total. The van der Waals surface area contributed by atoms with E-state index < -0.39 is 0 Å². The fourth-order valence-electron chi connectivity index (χ4n) is 2.33. The number of rotatable bonds is 2. The van der Waals surface area contributed by atoms with Gasteiger partial charge in [-0.1, -0.05) is 0 Å². The highest BCUT2D eigenvalue weighted by atomic mass is 16.5. The summed E-state index contributed by atoms with van der Waals surface area (Å²) in [6.07, 6.45) is 4.74. The van der Waals surface area contributed by atoms with Crippen LogP contribution in [0.3, 0.4) is 0 Å². The van der Waals surface area contributed by atoms with E-state index in [4.69, 9.17) is 10.6 Å². The van der Waals surface area contributed by atoms with Crippen molar-refractivity contribution in [1.82, 2.24) is 5.43 Å². The zero-order chi connectivity index (χ0) is 7.84. The molecular weight excluding hydrogens is 140 g/mol. The molecule has 11 heavy (non-hydrogen) atoms. The molecule has 2 fully saturated rings. The Labute approximate surface area is 67.3 Å². The molecule has 0 amide bonds. The van der Waals surface area contributed by atoms with Crippen LogP contribution in [0, 0.1) is 5.92 Å². The third-order valence-corrected chi connectivity index (χ3v) is 3.06. The molecule has 0 radical (unpaired) electrons. The maximum atomic E-state index is 5.71. The van der Waals surface area contributed by atoms with E-state index in [0.29, 0.717) is 24.2 Å². The summed E-state index contributed by atoms with van der Waals surface area (Å²) in [5.74, 6) is 6.03. The molecular formula is C8H16N2O. The molecule has 64 valence electrons. The van der Waals surface area contributed by atoms with Crippen molar-refractivity contribution < 1.29 is 4.74 Å². The van der Waals surface area contributed by atoms with E-state index in [-0.39, 0.29) is 0 Å². The Kier molecular flexibility index (Phi) is 1.87. The highest BCUT2D eigenvalue weighted by Gasteiger charge is 2.42. The minimum atomic E-state index is 0.408. The van der Waals surface area contributed by atoms with E-state index in [1.165, 1.54) is 19.3 Å². The minimum absolute atomic E-state index is 0.408. The van der Waals surface area contributed by atoms with Gasteiger partial charge in [-0.05, 0) is 26.2 Å². The molecule has 0 aromatic rings. The molecule has 0 aromatic carbocycles. The fourth-order valence-corrected chi connectivity index (χ4v) is 2.33. The van der Waals surface area contributed by atoms with Crippen molar-refractivity contribution in [3.05, 3.63) is 0 Å². The van der Waals surface area contributed by atoms with E-state index in [0.717, 1.165) is 0 Å². The van der Waals surface area contributed by atoms with Crippen LogP contribution in [0.5, 0.6) is 0 Å². The predicted octanol–water partition coefficient (Wildman–Crippen LogP) is 0.406. The molecule has 0 aromatic heterocycles. The molecule has 4 atom stereocenters. The first-order valence-corrected chi connectivity index (χ1v) is 4.43. The number of hydrogen-bond acceptors (Lipinski definition) is 3. The zero-order valence-corrected chi connectivity index (χ0v) is 6.92. The van der Waals surface area contributed by atoms with E-state index in [1.54, 1.807) is 0 Å². The van der Waals surface area contributed by atoms with Gasteiger partial charge in [0, 0.05) is 12.0 Å². The van der Waals surface area contributed by atoms with Crippen molar-refractivity contribution in [2.24, 2.45) is 11.8 Å². The molecule has 0 saturated carbocycles. The van der Waals surface area contributed by atoms with Gasteiger partial charge in [0.15, 0.2) is 0 Å².